The van der Waals surface area contributed by atoms with E-state index in [1.165, 1.54) is 22.3 Å². The van der Waals surface area contributed by atoms with E-state index in [-0.39, 0.29) is 0 Å². The highest BCUT2D eigenvalue weighted by Gasteiger charge is 2.09. The van der Waals surface area contributed by atoms with Gasteiger partial charge in [-0.1, -0.05) is 37.1 Å². The van der Waals surface area contributed by atoms with E-state index in [1.807, 2.05) is 0 Å². The van der Waals surface area contributed by atoms with Crippen molar-refractivity contribution in [1.82, 2.24) is 9.97 Å². The molecule has 2 aromatic carbocycles. The number of rotatable bonds is 2. The van der Waals surface area contributed by atoms with Crippen LogP contribution in [0.1, 0.15) is 36.5 Å². The fourth-order valence-corrected chi connectivity index (χ4v) is 2.77. The molecule has 1 heterocycles. The molecular formula is C19H20N2. The second-order valence-electron chi connectivity index (χ2n) is 6.03. The summed E-state index contributed by atoms with van der Waals surface area (Å²) in [5.41, 5.74) is 7.04. The predicted molar refractivity (Wildman–Crippen MR) is 88.5 cm³/mol. The molecule has 0 unspecified atom stereocenters. The van der Waals surface area contributed by atoms with Crippen molar-refractivity contribution in [2.24, 2.45) is 0 Å². The Labute approximate surface area is 125 Å². The summed E-state index contributed by atoms with van der Waals surface area (Å²) in [7, 11) is 0. The van der Waals surface area contributed by atoms with Gasteiger partial charge in [0.15, 0.2) is 0 Å². The average molecular weight is 276 g/mol. The summed E-state index contributed by atoms with van der Waals surface area (Å²) >= 11 is 0. The molecule has 0 fully saturated rings. The van der Waals surface area contributed by atoms with E-state index >= 15 is 0 Å². The topological polar surface area (TPSA) is 25.8 Å². The maximum Gasteiger partial charge on any atom is 0.116 e. The zero-order chi connectivity index (χ0) is 15.0. The third kappa shape index (κ3) is 2.66. The minimum atomic E-state index is 0.502. The SMILES string of the molecule is Cc1cc(C)cc(-c2ncnc3ccc(C(C)C)cc23)c1. The van der Waals surface area contributed by atoms with Crippen molar-refractivity contribution in [3.05, 3.63) is 59.4 Å². The Hall–Kier alpha value is -2.22. The summed E-state index contributed by atoms with van der Waals surface area (Å²) in [5, 5.41) is 1.13. The molecule has 0 saturated heterocycles. The van der Waals surface area contributed by atoms with Crippen LogP contribution < -0.4 is 0 Å². The van der Waals surface area contributed by atoms with Crippen LogP contribution in [0.25, 0.3) is 22.2 Å². The van der Waals surface area contributed by atoms with Gasteiger partial charge in [0.25, 0.3) is 0 Å². The predicted octanol–water partition coefficient (Wildman–Crippen LogP) is 5.04. The number of benzene rings is 2. The van der Waals surface area contributed by atoms with E-state index in [2.05, 4.69) is 74.1 Å². The molecule has 0 aliphatic heterocycles. The maximum absolute atomic E-state index is 4.55. The average Bonchev–Trinajstić information content (AvgIpc) is 2.45. The van der Waals surface area contributed by atoms with E-state index in [0.717, 1.165) is 16.6 Å². The summed E-state index contributed by atoms with van der Waals surface area (Å²) in [6.07, 6.45) is 1.66. The standard InChI is InChI=1S/C19H20N2/c1-12(2)15-5-6-18-17(10-15)19(21-11-20-18)16-8-13(3)7-14(4)9-16/h5-12H,1-4H3. The van der Waals surface area contributed by atoms with Crippen LogP contribution in [0, 0.1) is 13.8 Å². The van der Waals surface area contributed by atoms with E-state index < -0.39 is 0 Å². The molecule has 0 aliphatic rings. The number of aromatic nitrogens is 2. The molecule has 2 heteroatoms. The molecule has 0 aliphatic carbocycles. The first-order valence-electron chi connectivity index (χ1n) is 7.38. The van der Waals surface area contributed by atoms with E-state index in [1.54, 1.807) is 6.33 Å². The second-order valence-corrected chi connectivity index (χ2v) is 6.03. The van der Waals surface area contributed by atoms with Gasteiger partial charge in [0, 0.05) is 10.9 Å². The Morgan fingerprint density at radius 1 is 0.857 bits per heavy atom. The first kappa shape index (κ1) is 13.7. The van der Waals surface area contributed by atoms with Crippen LogP contribution in [-0.2, 0) is 0 Å². The van der Waals surface area contributed by atoms with E-state index in [9.17, 15) is 0 Å². The van der Waals surface area contributed by atoms with Gasteiger partial charge in [-0.05, 0) is 49.6 Å². The van der Waals surface area contributed by atoms with Crippen molar-refractivity contribution in [2.75, 3.05) is 0 Å². The highest BCUT2D eigenvalue weighted by atomic mass is 14.8. The Bertz CT molecular complexity index is 784. The van der Waals surface area contributed by atoms with Gasteiger partial charge in [0.05, 0.1) is 11.2 Å². The van der Waals surface area contributed by atoms with Gasteiger partial charge in [-0.15, -0.1) is 0 Å². The van der Waals surface area contributed by atoms with Gasteiger partial charge in [0.2, 0.25) is 0 Å². The second kappa shape index (κ2) is 5.28. The van der Waals surface area contributed by atoms with Crippen LogP contribution in [0.5, 0.6) is 0 Å². The molecule has 106 valence electrons. The minimum absolute atomic E-state index is 0.502. The van der Waals surface area contributed by atoms with Crippen LogP contribution in [0.2, 0.25) is 0 Å². The highest BCUT2D eigenvalue weighted by molar-refractivity contribution is 5.92. The smallest absolute Gasteiger partial charge is 0.116 e. The number of fused-ring (bicyclic) bond motifs is 1. The van der Waals surface area contributed by atoms with Gasteiger partial charge in [0.1, 0.15) is 6.33 Å². The van der Waals surface area contributed by atoms with Crippen molar-refractivity contribution in [3.8, 4) is 11.3 Å². The molecule has 0 N–H and O–H groups in total. The normalized spacial score (nSPS) is 11.3. The molecule has 3 aromatic rings. The quantitative estimate of drug-likeness (QED) is 0.655. The molecular weight excluding hydrogens is 256 g/mol. The largest absolute Gasteiger partial charge is 0.236 e. The summed E-state index contributed by atoms with van der Waals surface area (Å²) in [5.74, 6) is 0.502. The Balaban J connectivity index is 2.28. The molecule has 0 amide bonds. The Kier molecular flexibility index (Phi) is 3.46. The lowest BCUT2D eigenvalue weighted by molar-refractivity contribution is 0.868. The molecule has 1 aromatic heterocycles. The van der Waals surface area contributed by atoms with Gasteiger partial charge in [-0.25, -0.2) is 9.97 Å². The Morgan fingerprint density at radius 3 is 2.24 bits per heavy atom. The molecule has 0 radical (unpaired) electrons. The van der Waals surface area contributed by atoms with Crippen LogP contribution in [0.15, 0.2) is 42.7 Å². The van der Waals surface area contributed by atoms with Crippen LogP contribution in [-0.4, -0.2) is 9.97 Å². The first-order valence-corrected chi connectivity index (χ1v) is 7.38. The molecule has 3 rings (SSSR count). The zero-order valence-corrected chi connectivity index (χ0v) is 13.0. The van der Waals surface area contributed by atoms with Crippen LogP contribution >= 0.6 is 0 Å². The lowest BCUT2D eigenvalue weighted by Crippen LogP contribution is -1.93. The zero-order valence-electron chi connectivity index (χ0n) is 13.0. The van der Waals surface area contributed by atoms with Gasteiger partial charge in [-0.2, -0.15) is 0 Å². The molecule has 0 bridgehead atoms. The van der Waals surface area contributed by atoms with Crippen molar-refractivity contribution >= 4 is 10.9 Å². The summed E-state index contributed by atoms with van der Waals surface area (Å²) in [6, 6.07) is 13.1. The third-order valence-corrected chi connectivity index (χ3v) is 3.82. The minimum Gasteiger partial charge on any atom is -0.236 e. The van der Waals surface area contributed by atoms with Crippen LogP contribution in [0.4, 0.5) is 0 Å². The molecule has 0 saturated carbocycles. The lowest BCUT2D eigenvalue weighted by atomic mass is 9.97. The number of hydrogen-bond acceptors (Lipinski definition) is 2. The van der Waals surface area contributed by atoms with Crippen LogP contribution in [0.3, 0.4) is 0 Å². The number of nitrogens with zero attached hydrogens (tertiary/aromatic N) is 2. The van der Waals surface area contributed by atoms with Gasteiger partial charge in [-0.3, -0.25) is 0 Å². The van der Waals surface area contributed by atoms with E-state index in [0.29, 0.717) is 5.92 Å². The first-order chi connectivity index (χ1) is 10.0. The molecule has 21 heavy (non-hydrogen) atoms. The van der Waals surface area contributed by atoms with Crippen molar-refractivity contribution < 1.29 is 0 Å². The lowest BCUT2D eigenvalue weighted by Gasteiger charge is -2.10. The fourth-order valence-electron chi connectivity index (χ4n) is 2.77. The molecule has 2 nitrogen and oxygen atoms in total. The summed E-state index contributed by atoms with van der Waals surface area (Å²) in [6.45, 7) is 8.67. The molecule has 0 spiro atoms. The highest BCUT2D eigenvalue weighted by Crippen LogP contribution is 2.29. The fraction of sp³-hybridized carbons (Fsp3) is 0.263. The third-order valence-electron chi connectivity index (χ3n) is 3.82. The number of hydrogen-bond donors (Lipinski definition) is 0. The summed E-state index contributed by atoms with van der Waals surface area (Å²) < 4.78 is 0. The summed E-state index contributed by atoms with van der Waals surface area (Å²) in [4.78, 5) is 8.95. The maximum atomic E-state index is 4.55. The molecule has 0 atom stereocenters. The number of aryl methyl sites for hydroxylation is 2. The van der Waals surface area contributed by atoms with Crippen molar-refractivity contribution in [1.29, 1.82) is 0 Å². The Morgan fingerprint density at radius 2 is 1.57 bits per heavy atom. The monoisotopic (exact) mass is 276 g/mol. The van der Waals surface area contributed by atoms with E-state index in [4.69, 9.17) is 0 Å². The van der Waals surface area contributed by atoms with Gasteiger partial charge >= 0.3 is 0 Å². The van der Waals surface area contributed by atoms with Crippen molar-refractivity contribution in [2.45, 2.75) is 33.6 Å². The van der Waals surface area contributed by atoms with Crippen molar-refractivity contribution in [3.63, 3.8) is 0 Å². The van der Waals surface area contributed by atoms with Gasteiger partial charge < -0.3 is 0 Å².